The molecule has 0 bridgehead atoms. The molecule has 2 heterocycles. The van der Waals surface area contributed by atoms with Crippen molar-refractivity contribution in [2.75, 3.05) is 32.5 Å². The predicted molar refractivity (Wildman–Crippen MR) is 117 cm³/mol. The van der Waals surface area contributed by atoms with E-state index in [2.05, 4.69) is 51.6 Å². The van der Waals surface area contributed by atoms with Crippen molar-refractivity contribution in [2.24, 2.45) is 0 Å². The third kappa shape index (κ3) is 4.22. The molecule has 6 nitrogen and oxygen atoms in total. The van der Waals surface area contributed by atoms with Gasteiger partial charge in [0.05, 0.1) is 5.52 Å². The molecule has 3 aromatic rings. The first-order valence-electron chi connectivity index (χ1n) is 10.1. The summed E-state index contributed by atoms with van der Waals surface area (Å²) in [6, 6.07) is 12.3. The third-order valence-corrected chi connectivity index (χ3v) is 5.67. The number of aromatic nitrogens is 2. The van der Waals surface area contributed by atoms with E-state index in [0.29, 0.717) is 11.5 Å². The first-order valence-corrected chi connectivity index (χ1v) is 10.1. The molecule has 150 valence electrons. The molecule has 4 rings (SSSR count). The minimum absolute atomic E-state index is 0.00332. The van der Waals surface area contributed by atoms with E-state index >= 15 is 0 Å². The second-order valence-electron chi connectivity index (χ2n) is 7.80. The SMILES string of the molecule is CNc1ncc2cc(-c3cc(C(=O)NC4CCN(C)CC4)ccc3C)ccc2n1. The molecule has 1 fully saturated rings. The fourth-order valence-corrected chi connectivity index (χ4v) is 3.82. The molecular formula is C23H27N5O. The summed E-state index contributed by atoms with van der Waals surface area (Å²) in [6.45, 7) is 4.12. The average molecular weight is 390 g/mol. The fourth-order valence-electron chi connectivity index (χ4n) is 3.82. The number of anilines is 1. The summed E-state index contributed by atoms with van der Waals surface area (Å²) >= 11 is 0. The number of fused-ring (bicyclic) bond motifs is 1. The number of rotatable bonds is 4. The van der Waals surface area contributed by atoms with E-state index in [9.17, 15) is 4.79 Å². The van der Waals surface area contributed by atoms with Crippen LogP contribution in [0.25, 0.3) is 22.0 Å². The van der Waals surface area contributed by atoms with Crippen LogP contribution in [0.5, 0.6) is 0 Å². The molecule has 0 saturated carbocycles. The maximum absolute atomic E-state index is 12.8. The number of aryl methyl sites for hydroxylation is 1. The molecule has 0 atom stereocenters. The fraction of sp³-hybridized carbons (Fsp3) is 0.348. The lowest BCUT2D eigenvalue weighted by molar-refractivity contribution is 0.0917. The van der Waals surface area contributed by atoms with Crippen LogP contribution in [0.15, 0.2) is 42.6 Å². The Morgan fingerprint density at radius 2 is 1.93 bits per heavy atom. The molecule has 1 aliphatic heterocycles. The van der Waals surface area contributed by atoms with Crippen molar-refractivity contribution >= 4 is 22.8 Å². The van der Waals surface area contributed by atoms with Crippen LogP contribution in [0.3, 0.4) is 0 Å². The van der Waals surface area contributed by atoms with Crippen LogP contribution in [0.1, 0.15) is 28.8 Å². The maximum Gasteiger partial charge on any atom is 0.251 e. The molecule has 0 unspecified atom stereocenters. The van der Waals surface area contributed by atoms with Crippen LogP contribution in [0.4, 0.5) is 5.95 Å². The second-order valence-corrected chi connectivity index (χ2v) is 7.80. The van der Waals surface area contributed by atoms with Crippen LogP contribution < -0.4 is 10.6 Å². The molecular weight excluding hydrogens is 362 g/mol. The topological polar surface area (TPSA) is 70.2 Å². The van der Waals surface area contributed by atoms with Gasteiger partial charge in [0.1, 0.15) is 0 Å². The standard InChI is InChI=1S/C23H27N5O/c1-15-4-5-17(22(29)26-19-8-10-28(3)11-9-19)13-20(15)16-6-7-21-18(12-16)14-25-23(24-2)27-21/h4-7,12-14,19H,8-11H2,1-3H3,(H,26,29)(H,24,25,27). The number of nitrogens with one attached hydrogen (secondary N) is 2. The molecule has 6 heteroatoms. The van der Waals surface area contributed by atoms with E-state index in [1.165, 1.54) is 0 Å². The van der Waals surface area contributed by atoms with Gasteiger partial charge in [0.15, 0.2) is 0 Å². The highest BCUT2D eigenvalue weighted by Gasteiger charge is 2.19. The Morgan fingerprint density at radius 3 is 2.69 bits per heavy atom. The van der Waals surface area contributed by atoms with Crippen LogP contribution >= 0.6 is 0 Å². The van der Waals surface area contributed by atoms with Crippen molar-refractivity contribution < 1.29 is 4.79 Å². The Bertz CT molecular complexity index is 1040. The number of likely N-dealkylation sites (tertiary alicyclic amines) is 1. The van der Waals surface area contributed by atoms with E-state index in [1.807, 2.05) is 30.5 Å². The lowest BCUT2D eigenvalue weighted by Gasteiger charge is -2.29. The Balaban J connectivity index is 1.59. The number of benzene rings is 2. The summed E-state index contributed by atoms with van der Waals surface area (Å²) in [4.78, 5) is 23.9. The largest absolute Gasteiger partial charge is 0.357 e. The van der Waals surface area contributed by atoms with E-state index in [4.69, 9.17) is 0 Å². The van der Waals surface area contributed by atoms with Crippen molar-refractivity contribution in [1.29, 1.82) is 0 Å². The van der Waals surface area contributed by atoms with Gasteiger partial charge in [-0.2, -0.15) is 0 Å². The highest BCUT2D eigenvalue weighted by atomic mass is 16.1. The first-order chi connectivity index (χ1) is 14.0. The first kappa shape index (κ1) is 19.3. The Hall–Kier alpha value is -2.99. The quantitative estimate of drug-likeness (QED) is 0.715. The molecule has 0 aliphatic carbocycles. The van der Waals surface area contributed by atoms with Gasteiger partial charge in [0.25, 0.3) is 5.91 Å². The van der Waals surface area contributed by atoms with Crippen LogP contribution in [0, 0.1) is 6.92 Å². The highest BCUT2D eigenvalue weighted by molar-refractivity contribution is 5.96. The monoisotopic (exact) mass is 389 g/mol. The normalized spacial score (nSPS) is 15.4. The van der Waals surface area contributed by atoms with Gasteiger partial charge in [-0.3, -0.25) is 4.79 Å². The maximum atomic E-state index is 12.8. The summed E-state index contributed by atoms with van der Waals surface area (Å²) < 4.78 is 0. The van der Waals surface area contributed by atoms with Gasteiger partial charge >= 0.3 is 0 Å². The molecule has 1 aromatic heterocycles. The number of carbonyl (C=O) groups is 1. The van der Waals surface area contributed by atoms with Gasteiger partial charge in [-0.1, -0.05) is 12.1 Å². The van der Waals surface area contributed by atoms with Crippen LogP contribution in [-0.2, 0) is 0 Å². The molecule has 0 spiro atoms. The third-order valence-electron chi connectivity index (χ3n) is 5.67. The summed E-state index contributed by atoms with van der Waals surface area (Å²) in [5.41, 5.74) is 4.84. The van der Waals surface area contributed by atoms with Crippen molar-refractivity contribution in [3.05, 3.63) is 53.7 Å². The van der Waals surface area contributed by atoms with Crippen molar-refractivity contribution in [1.82, 2.24) is 20.2 Å². The van der Waals surface area contributed by atoms with Crippen molar-refractivity contribution in [3.8, 4) is 11.1 Å². The average Bonchev–Trinajstić information content (AvgIpc) is 2.75. The van der Waals surface area contributed by atoms with Gasteiger partial charge in [-0.25, -0.2) is 9.97 Å². The molecule has 2 aromatic carbocycles. The van der Waals surface area contributed by atoms with Gasteiger partial charge < -0.3 is 15.5 Å². The molecule has 0 radical (unpaired) electrons. The number of hydrogen-bond donors (Lipinski definition) is 2. The number of carbonyl (C=O) groups excluding carboxylic acids is 1. The van der Waals surface area contributed by atoms with E-state index < -0.39 is 0 Å². The Morgan fingerprint density at radius 1 is 1.14 bits per heavy atom. The number of piperidine rings is 1. The van der Waals surface area contributed by atoms with Crippen LogP contribution in [0.2, 0.25) is 0 Å². The zero-order valence-electron chi connectivity index (χ0n) is 17.2. The van der Waals surface area contributed by atoms with Crippen molar-refractivity contribution in [2.45, 2.75) is 25.8 Å². The summed E-state index contributed by atoms with van der Waals surface area (Å²) in [5.74, 6) is 0.609. The lowest BCUT2D eigenvalue weighted by Crippen LogP contribution is -2.43. The molecule has 1 amide bonds. The Labute approximate surface area is 171 Å². The number of hydrogen-bond acceptors (Lipinski definition) is 5. The smallest absolute Gasteiger partial charge is 0.251 e. The zero-order valence-corrected chi connectivity index (χ0v) is 17.2. The van der Waals surface area contributed by atoms with E-state index in [0.717, 1.165) is 53.5 Å². The van der Waals surface area contributed by atoms with Crippen molar-refractivity contribution in [3.63, 3.8) is 0 Å². The summed E-state index contributed by atoms with van der Waals surface area (Å²) in [5, 5.41) is 7.14. The van der Waals surface area contributed by atoms with Gasteiger partial charge in [0.2, 0.25) is 5.95 Å². The summed E-state index contributed by atoms with van der Waals surface area (Å²) in [7, 11) is 3.93. The minimum Gasteiger partial charge on any atom is -0.357 e. The van der Waals surface area contributed by atoms with E-state index in [-0.39, 0.29) is 11.9 Å². The van der Waals surface area contributed by atoms with Gasteiger partial charge in [-0.05, 0) is 80.9 Å². The Kier molecular flexibility index (Phi) is 5.45. The molecule has 2 N–H and O–H groups in total. The zero-order chi connectivity index (χ0) is 20.4. The minimum atomic E-state index is 0.00332. The lowest BCUT2D eigenvalue weighted by atomic mass is 9.96. The number of nitrogens with zero attached hydrogens (tertiary/aromatic N) is 3. The van der Waals surface area contributed by atoms with Crippen LogP contribution in [-0.4, -0.2) is 54.0 Å². The molecule has 1 aliphatic rings. The second kappa shape index (κ2) is 8.17. The molecule has 1 saturated heterocycles. The number of amides is 1. The van der Waals surface area contributed by atoms with Gasteiger partial charge in [-0.15, -0.1) is 0 Å². The molecule has 29 heavy (non-hydrogen) atoms. The van der Waals surface area contributed by atoms with Gasteiger partial charge in [0, 0.05) is 30.2 Å². The summed E-state index contributed by atoms with van der Waals surface area (Å²) in [6.07, 6.45) is 3.82. The van der Waals surface area contributed by atoms with E-state index in [1.54, 1.807) is 7.05 Å². The highest BCUT2D eigenvalue weighted by Crippen LogP contribution is 2.28. The predicted octanol–water partition coefficient (Wildman–Crippen LogP) is 3.47.